The summed E-state index contributed by atoms with van der Waals surface area (Å²) in [6.07, 6.45) is -5.65. The van der Waals surface area contributed by atoms with Gasteiger partial charge in [0.2, 0.25) is 0 Å². The highest BCUT2D eigenvalue weighted by atomic mass is 19.4. The van der Waals surface area contributed by atoms with Crippen LogP contribution in [0.4, 0.5) is 17.6 Å². The Morgan fingerprint density at radius 3 is 2.35 bits per heavy atom. The number of carbonyl (C=O) groups excluding carboxylic acids is 1. The first-order valence-electron chi connectivity index (χ1n) is 7.22. The average molecular weight is 334 g/mol. The first kappa shape index (κ1) is 17.7. The van der Waals surface area contributed by atoms with E-state index in [4.69, 9.17) is 0 Å². The van der Waals surface area contributed by atoms with Gasteiger partial charge < -0.3 is 10.0 Å². The minimum atomic E-state index is -4.58. The van der Waals surface area contributed by atoms with Crippen molar-refractivity contribution in [3.63, 3.8) is 0 Å². The van der Waals surface area contributed by atoms with E-state index in [1.807, 2.05) is 4.90 Å². The topological polar surface area (TPSA) is 43.8 Å². The van der Waals surface area contributed by atoms with Crippen molar-refractivity contribution in [2.24, 2.45) is 0 Å². The molecule has 2 rings (SSSR count). The van der Waals surface area contributed by atoms with Gasteiger partial charge in [-0.1, -0.05) is 0 Å². The minimum absolute atomic E-state index is 0.178. The van der Waals surface area contributed by atoms with E-state index < -0.39 is 23.7 Å². The molecule has 1 aliphatic heterocycles. The number of benzene rings is 1. The zero-order valence-electron chi connectivity index (χ0n) is 12.6. The van der Waals surface area contributed by atoms with E-state index >= 15 is 0 Å². The summed E-state index contributed by atoms with van der Waals surface area (Å²) in [6, 6.07) is 2.50. The van der Waals surface area contributed by atoms with Crippen LogP contribution in [0.25, 0.3) is 0 Å². The number of hydrogen-bond donors (Lipinski definition) is 1. The predicted octanol–water partition coefficient (Wildman–Crippen LogP) is 1.87. The summed E-state index contributed by atoms with van der Waals surface area (Å²) in [6.45, 7) is 3.24. The number of piperazine rings is 1. The van der Waals surface area contributed by atoms with Gasteiger partial charge in [-0.25, -0.2) is 4.39 Å². The number of aliphatic hydroxyl groups excluding tert-OH is 1. The number of rotatable bonds is 3. The van der Waals surface area contributed by atoms with Crippen LogP contribution in [-0.4, -0.2) is 53.1 Å². The fourth-order valence-corrected chi connectivity index (χ4v) is 2.55. The van der Waals surface area contributed by atoms with Gasteiger partial charge in [0.15, 0.2) is 0 Å². The van der Waals surface area contributed by atoms with Crippen LogP contribution in [-0.2, 0) is 17.5 Å². The van der Waals surface area contributed by atoms with E-state index in [0.717, 1.165) is 12.1 Å². The molecule has 8 heteroatoms. The molecule has 1 heterocycles. The summed E-state index contributed by atoms with van der Waals surface area (Å²) < 4.78 is 51.5. The lowest BCUT2D eigenvalue weighted by molar-refractivity contribution is -0.141. The monoisotopic (exact) mass is 334 g/mol. The summed E-state index contributed by atoms with van der Waals surface area (Å²) in [5.74, 6) is -1.28. The van der Waals surface area contributed by atoms with Gasteiger partial charge in [-0.2, -0.15) is 13.2 Å². The summed E-state index contributed by atoms with van der Waals surface area (Å²) in [4.78, 5) is 15.0. The molecule has 1 fully saturated rings. The first-order valence-corrected chi connectivity index (χ1v) is 7.22. The maximum Gasteiger partial charge on any atom is 0.416 e. The van der Waals surface area contributed by atoms with Gasteiger partial charge in [-0.3, -0.25) is 9.69 Å². The SMILES string of the molecule is CC(O)C(=O)N1CCN(Cc2cc(F)cc(C(F)(F)F)c2)CC1. The molecule has 0 aliphatic carbocycles. The Labute approximate surface area is 131 Å². The van der Waals surface area contributed by atoms with Crippen LogP contribution in [0.15, 0.2) is 18.2 Å². The van der Waals surface area contributed by atoms with Gasteiger partial charge in [-0.15, -0.1) is 0 Å². The normalized spacial score (nSPS) is 18.1. The van der Waals surface area contributed by atoms with Gasteiger partial charge >= 0.3 is 6.18 Å². The van der Waals surface area contributed by atoms with Crippen molar-refractivity contribution in [1.82, 2.24) is 9.80 Å². The maximum absolute atomic E-state index is 13.4. The van der Waals surface area contributed by atoms with Crippen LogP contribution in [0.2, 0.25) is 0 Å². The van der Waals surface area contributed by atoms with Crippen molar-refractivity contribution in [1.29, 1.82) is 0 Å². The predicted molar refractivity (Wildman–Crippen MR) is 74.9 cm³/mol. The number of aliphatic hydroxyl groups is 1. The molecule has 1 aliphatic rings. The highest BCUT2D eigenvalue weighted by Crippen LogP contribution is 2.30. The summed E-state index contributed by atoms with van der Waals surface area (Å²) in [5.41, 5.74) is -0.761. The smallest absolute Gasteiger partial charge is 0.384 e. The molecular formula is C15H18F4N2O2. The van der Waals surface area contributed by atoms with E-state index in [-0.39, 0.29) is 18.0 Å². The largest absolute Gasteiger partial charge is 0.416 e. The molecule has 4 nitrogen and oxygen atoms in total. The second-order valence-corrected chi connectivity index (χ2v) is 5.62. The Hall–Kier alpha value is -1.67. The molecule has 1 amide bonds. The molecule has 0 radical (unpaired) electrons. The number of hydrogen-bond acceptors (Lipinski definition) is 3. The zero-order valence-corrected chi connectivity index (χ0v) is 12.6. The summed E-state index contributed by atoms with van der Waals surface area (Å²) in [5, 5.41) is 9.26. The van der Waals surface area contributed by atoms with Gasteiger partial charge in [0.1, 0.15) is 11.9 Å². The number of halogens is 4. The zero-order chi connectivity index (χ0) is 17.2. The quantitative estimate of drug-likeness (QED) is 0.859. The van der Waals surface area contributed by atoms with E-state index in [9.17, 15) is 27.5 Å². The fraction of sp³-hybridized carbons (Fsp3) is 0.533. The highest BCUT2D eigenvalue weighted by Gasteiger charge is 2.31. The Kier molecular flexibility index (Phi) is 5.26. The molecule has 0 saturated carbocycles. The van der Waals surface area contributed by atoms with Crippen molar-refractivity contribution < 1.29 is 27.5 Å². The van der Waals surface area contributed by atoms with Crippen molar-refractivity contribution >= 4 is 5.91 Å². The molecule has 1 atom stereocenters. The van der Waals surface area contributed by atoms with Gasteiger partial charge in [-0.05, 0) is 30.7 Å². The van der Waals surface area contributed by atoms with Crippen LogP contribution in [0.5, 0.6) is 0 Å². The van der Waals surface area contributed by atoms with Crippen LogP contribution in [0.3, 0.4) is 0 Å². The second kappa shape index (κ2) is 6.84. The summed E-state index contributed by atoms with van der Waals surface area (Å²) >= 11 is 0. The second-order valence-electron chi connectivity index (χ2n) is 5.62. The third kappa shape index (κ3) is 4.65. The Balaban J connectivity index is 1.99. The number of nitrogens with zero attached hydrogens (tertiary/aromatic N) is 2. The van der Waals surface area contributed by atoms with Gasteiger partial charge in [0.25, 0.3) is 5.91 Å². The Morgan fingerprint density at radius 1 is 1.22 bits per heavy atom. The molecule has 1 aromatic rings. The molecule has 1 unspecified atom stereocenters. The Morgan fingerprint density at radius 2 is 1.83 bits per heavy atom. The molecule has 0 aromatic heterocycles. The van der Waals surface area contributed by atoms with Crippen molar-refractivity contribution in [2.45, 2.75) is 25.7 Å². The molecule has 1 N–H and O–H groups in total. The van der Waals surface area contributed by atoms with E-state index in [1.54, 1.807) is 0 Å². The lowest BCUT2D eigenvalue weighted by Gasteiger charge is -2.35. The van der Waals surface area contributed by atoms with Crippen LogP contribution in [0.1, 0.15) is 18.1 Å². The average Bonchev–Trinajstić information content (AvgIpc) is 2.45. The standard InChI is InChI=1S/C15H18F4N2O2/c1-10(22)14(23)21-4-2-20(3-5-21)9-11-6-12(15(17,18)19)8-13(16)7-11/h6-8,10,22H,2-5,9H2,1H3. The molecule has 23 heavy (non-hydrogen) atoms. The van der Waals surface area contributed by atoms with Crippen LogP contribution < -0.4 is 0 Å². The molecule has 1 saturated heterocycles. The molecular weight excluding hydrogens is 316 g/mol. The molecule has 0 bridgehead atoms. The van der Waals surface area contributed by atoms with Gasteiger partial charge in [0, 0.05) is 32.7 Å². The Bertz CT molecular complexity index is 567. The highest BCUT2D eigenvalue weighted by molar-refractivity contribution is 5.80. The fourth-order valence-electron chi connectivity index (χ4n) is 2.55. The number of carbonyl (C=O) groups is 1. The van der Waals surface area contributed by atoms with E-state index in [2.05, 4.69) is 0 Å². The third-order valence-corrected chi connectivity index (χ3v) is 3.73. The van der Waals surface area contributed by atoms with E-state index in [1.165, 1.54) is 11.8 Å². The van der Waals surface area contributed by atoms with Crippen LogP contribution >= 0.6 is 0 Å². The van der Waals surface area contributed by atoms with E-state index in [0.29, 0.717) is 32.2 Å². The van der Waals surface area contributed by atoms with Crippen molar-refractivity contribution in [2.75, 3.05) is 26.2 Å². The van der Waals surface area contributed by atoms with Gasteiger partial charge in [0.05, 0.1) is 5.56 Å². The first-order chi connectivity index (χ1) is 10.7. The van der Waals surface area contributed by atoms with Crippen LogP contribution in [0, 0.1) is 5.82 Å². The van der Waals surface area contributed by atoms with Crippen molar-refractivity contribution in [3.05, 3.63) is 35.1 Å². The number of alkyl halides is 3. The lowest BCUT2D eigenvalue weighted by atomic mass is 10.1. The van der Waals surface area contributed by atoms with Crippen molar-refractivity contribution in [3.8, 4) is 0 Å². The molecule has 128 valence electrons. The minimum Gasteiger partial charge on any atom is -0.384 e. The molecule has 1 aromatic carbocycles. The lowest BCUT2D eigenvalue weighted by Crippen LogP contribution is -2.50. The molecule has 0 spiro atoms. The summed E-state index contributed by atoms with van der Waals surface area (Å²) in [7, 11) is 0. The number of amides is 1. The third-order valence-electron chi connectivity index (χ3n) is 3.73. The maximum atomic E-state index is 13.4.